The van der Waals surface area contributed by atoms with Crippen molar-refractivity contribution in [3.8, 4) is 17.2 Å². The smallest absolute Gasteiger partial charge is 0.131 e. The van der Waals surface area contributed by atoms with E-state index >= 15 is 0 Å². The summed E-state index contributed by atoms with van der Waals surface area (Å²) < 4.78 is 11.0. The maximum atomic E-state index is 5.81. The fraction of sp³-hybridized carbons (Fsp3) is 0.294. The predicted molar refractivity (Wildman–Crippen MR) is 78.2 cm³/mol. The van der Waals surface area contributed by atoms with Crippen LogP contribution in [0.4, 0.5) is 0 Å². The first kappa shape index (κ1) is 13.5. The summed E-state index contributed by atoms with van der Waals surface area (Å²) in [5.41, 5.74) is 1.46. The van der Waals surface area contributed by atoms with Crippen molar-refractivity contribution in [2.24, 2.45) is 0 Å². The van der Waals surface area contributed by atoms with Gasteiger partial charge in [0.15, 0.2) is 0 Å². The lowest BCUT2D eigenvalue weighted by atomic mass is 9.87. The number of benzene rings is 2. The van der Waals surface area contributed by atoms with Gasteiger partial charge in [0, 0.05) is 6.07 Å². The maximum absolute atomic E-state index is 5.81. The monoisotopic (exact) mass is 256 g/mol. The first-order valence-electron chi connectivity index (χ1n) is 6.41. The highest BCUT2D eigenvalue weighted by Crippen LogP contribution is 2.28. The highest BCUT2D eigenvalue weighted by atomic mass is 16.5. The van der Waals surface area contributed by atoms with Crippen LogP contribution in [-0.2, 0) is 5.41 Å². The van der Waals surface area contributed by atoms with E-state index in [4.69, 9.17) is 9.47 Å². The molecular weight excluding hydrogens is 236 g/mol. The molecule has 0 aliphatic carbocycles. The fourth-order valence-electron chi connectivity index (χ4n) is 1.82. The lowest BCUT2D eigenvalue weighted by Crippen LogP contribution is -2.10. The molecule has 0 amide bonds. The molecule has 19 heavy (non-hydrogen) atoms. The van der Waals surface area contributed by atoms with Crippen molar-refractivity contribution in [1.82, 2.24) is 0 Å². The molecule has 2 aromatic rings. The lowest BCUT2D eigenvalue weighted by Gasteiger charge is -2.19. The Balaban J connectivity index is 2.15. The van der Waals surface area contributed by atoms with Crippen molar-refractivity contribution in [2.75, 3.05) is 7.11 Å². The van der Waals surface area contributed by atoms with Gasteiger partial charge in [0.25, 0.3) is 0 Å². The lowest BCUT2D eigenvalue weighted by molar-refractivity contribution is 0.409. The molecular formula is C17H20O2. The van der Waals surface area contributed by atoms with Crippen LogP contribution < -0.4 is 9.47 Å². The molecule has 0 saturated heterocycles. The highest BCUT2D eigenvalue weighted by molar-refractivity contribution is 5.38. The van der Waals surface area contributed by atoms with E-state index in [1.54, 1.807) is 7.11 Å². The van der Waals surface area contributed by atoms with Gasteiger partial charge in [-0.05, 0) is 35.2 Å². The number of methoxy groups -OCH3 is 1. The van der Waals surface area contributed by atoms with E-state index in [0.717, 1.165) is 17.2 Å². The maximum Gasteiger partial charge on any atom is 0.131 e. The molecule has 2 heteroatoms. The third-order valence-electron chi connectivity index (χ3n) is 3.00. The SMILES string of the molecule is COc1cccc(Oc2ccc(C(C)(C)C)cc2)c1. The van der Waals surface area contributed by atoms with Gasteiger partial charge in [-0.25, -0.2) is 0 Å². The third kappa shape index (κ3) is 3.50. The minimum absolute atomic E-state index is 0.161. The minimum atomic E-state index is 0.161. The van der Waals surface area contributed by atoms with Gasteiger partial charge >= 0.3 is 0 Å². The average Bonchev–Trinajstić information content (AvgIpc) is 2.38. The van der Waals surface area contributed by atoms with Crippen molar-refractivity contribution in [3.63, 3.8) is 0 Å². The van der Waals surface area contributed by atoms with Crippen LogP contribution in [0.2, 0.25) is 0 Å². The second-order valence-electron chi connectivity index (χ2n) is 5.56. The minimum Gasteiger partial charge on any atom is -0.497 e. The van der Waals surface area contributed by atoms with Crippen molar-refractivity contribution < 1.29 is 9.47 Å². The first-order valence-corrected chi connectivity index (χ1v) is 6.41. The molecule has 0 spiro atoms. The van der Waals surface area contributed by atoms with Gasteiger partial charge in [0.2, 0.25) is 0 Å². The Bertz CT molecular complexity index is 536. The van der Waals surface area contributed by atoms with Crippen LogP contribution in [0.1, 0.15) is 26.3 Å². The summed E-state index contributed by atoms with van der Waals surface area (Å²) >= 11 is 0. The van der Waals surface area contributed by atoms with Gasteiger partial charge in [-0.2, -0.15) is 0 Å². The Kier molecular flexibility index (Phi) is 3.79. The normalized spacial score (nSPS) is 11.2. The van der Waals surface area contributed by atoms with Gasteiger partial charge in [-0.15, -0.1) is 0 Å². The molecule has 0 bridgehead atoms. The summed E-state index contributed by atoms with van der Waals surface area (Å²) in [6, 6.07) is 15.8. The average molecular weight is 256 g/mol. The van der Waals surface area contributed by atoms with Crippen LogP contribution in [0.25, 0.3) is 0 Å². The van der Waals surface area contributed by atoms with E-state index < -0.39 is 0 Å². The Morgan fingerprint density at radius 3 is 2.00 bits per heavy atom. The molecule has 0 saturated carbocycles. The van der Waals surface area contributed by atoms with Crippen molar-refractivity contribution in [3.05, 3.63) is 54.1 Å². The van der Waals surface area contributed by atoms with Gasteiger partial charge in [-0.1, -0.05) is 39.0 Å². The number of hydrogen-bond acceptors (Lipinski definition) is 2. The molecule has 2 nitrogen and oxygen atoms in total. The van der Waals surface area contributed by atoms with Gasteiger partial charge in [0.1, 0.15) is 17.2 Å². The van der Waals surface area contributed by atoms with Crippen LogP contribution in [0.3, 0.4) is 0 Å². The van der Waals surface area contributed by atoms with Crippen molar-refractivity contribution in [2.45, 2.75) is 26.2 Å². The summed E-state index contributed by atoms with van der Waals surface area (Å²) in [7, 11) is 1.65. The highest BCUT2D eigenvalue weighted by Gasteiger charge is 2.13. The summed E-state index contributed by atoms with van der Waals surface area (Å²) in [6.45, 7) is 6.60. The van der Waals surface area contributed by atoms with E-state index in [9.17, 15) is 0 Å². The molecule has 0 heterocycles. The molecule has 0 atom stereocenters. The zero-order valence-electron chi connectivity index (χ0n) is 11.9. The molecule has 0 radical (unpaired) electrons. The molecule has 0 aromatic heterocycles. The zero-order valence-corrected chi connectivity index (χ0v) is 11.9. The quantitative estimate of drug-likeness (QED) is 0.786. The third-order valence-corrected chi connectivity index (χ3v) is 3.00. The summed E-state index contributed by atoms with van der Waals surface area (Å²) in [5, 5.41) is 0. The summed E-state index contributed by atoms with van der Waals surface area (Å²) in [4.78, 5) is 0. The van der Waals surface area contributed by atoms with Crippen LogP contribution in [0.5, 0.6) is 17.2 Å². The predicted octanol–water partition coefficient (Wildman–Crippen LogP) is 4.79. The fourth-order valence-corrected chi connectivity index (χ4v) is 1.82. The second-order valence-corrected chi connectivity index (χ2v) is 5.56. The van der Waals surface area contributed by atoms with Gasteiger partial charge in [-0.3, -0.25) is 0 Å². The number of hydrogen-bond donors (Lipinski definition) is 0. The number of ether oxygens (including phenoxy) is 2. The Morgan fingerprint density at radius 2 is 1.42 bits per heavy atom. The van der Waals surface area contributed by atoms with E-state index in [-0.39, 0.29) is 5.41 Å². The largest absolute Gasteiger partial charge is 0.497 e. The molecule has 0 unspecified atom stereocenters. The Hall–Kier alpha value is -1.96. The van der Waals surface area contributed by atoms with Crippen molar-refractivity contribution in [1.29, 1.82) is 0 Å². The van der Waals surface area contributed by atoms with Crippen LogP contribution >= 0.6 is 0 Å². The Morgan fingerprint density at radius 1 is 0.789 bits per heavy atom. The number of rotatable bonds is 3. The van der Waals surface area contributed by atoms with Crippen LogP contribution in [0.15, 0.2) is 48.5 Å². The Labute approximate surface area is 115 Å². The second kappa shape index (κ2) is 5.35. The topological polar surface area (TPSA) is 18.5 Å². The van der Waals surface area contributed by atoms with Crippen LogP contribution in [0, 0.1) is 0 Å². The summed E-state index contributed by atoms with van der Waals surface area (Å²) in [5.74, 6) is 2.41. The first-order chi connectivity index (χ1) is 8.99. The molecule has 0 fully saturated rings. The molecule has 100 valence electrons. The van der Waals surface area contributed by atoms with E-state index in [0.29, 0.717) is 0 Å². The van der Waals surface area contributed by atoms with E-state index in [1.165, 1.54) is 5.56 Å². The molecule has 2 aromatic carbocycles. The van der Waals surface area contributed by atoms with Gasteiger partial charge in [0.05, 0.1) is 7.11 Å². The molecule has 0 N–H and O–H groups in total. The van der Waals surface area contributed by atoms with Crippen molar-refractivity contribution >= 4 is 0 Å². The zero-order chi connectivity index (χ0) is 13.9. The molecule has 2 rings (SSSR count). The van der Waals surface area contributed by atoms with E-state index in [1.807, 2.05) is 36.4 Å². The molecule has 0 aliphatic rings. The van der Waals surface area contributed by atoms with E-state index in [2.05, 4.69) is 32.9 Å². The summed E-state index contributed by atoms with van der Waals surface area (Å²) in [6.07, 6.45) is 0. The standard InChI is InChI=1S/C17H20O2/c1-17(2,3)13-8-10-14(11-9-13)19-16-7-5-6-15(12-16)18-4/h5-12H,1-4H3. The molecule has 0 aliphatic heterocycles. The van der Waals surface area contributed by atoms with Gasteiger partial charge < -0.3 is 9.47 Å². The van der Waals surface area contributed by atoms with Crippen LogP contribution in [-0.4, -0.2) is 7.11 Å².